The monoisotopic (exact) mass is 663 g/mol. The van der Waals surface area contributed by atoms with Gasteiger partial charge < -0.3 is 4.90 Å². The molecule has 52 heavy (non-hydrogen) atoms. The topological polar surface area (TPSA) is 3.24 Å². The van der Waals surface area contributed by atoms with Crippen molar-refractivity contribution < 1.29 is 0 Å². The summed E-state index contributed by atoms with van der Waals surface area (Å²) in [4.78, 5) is 2.46. The molecule has 0 saturated carbocycles. The van der Waals surface area contributed by atoms with Crippen LogP contribution in [0.25, 0.3) is 65.7 Å². The first kappa shape index (κ1) is 30.4. The van der Waals surface area contributed by atoms with Gasteiger partial charge in [-0.2, -0.15) is 0 Å². The highest BCUT2D eigenvalue weighted by molar-refractivity contribution is 6.15. The molecule has 0 amide bonds. The van der Waals surface area contributed by atoms with Gasteiger partial charge in [-0.15, -0.1) is 0 Å². The first-order chi connectivity index (χ1) is 25.6. The molecule has 0 bridgehead atoms. The van der Waals surface area contributed by atoms with Crippen LogP contribution in [0.15, 0.2) is 188 Å². The van der Waals surface area contributed by atoms with Gasteiger partial charge in [0.25, 0.3) is 0 Å². The fourth-order valence-corrected chi connectivity index (χ4v) is 8.83. The first-order valence-corrected chi connectivity index (χ1v) is 18.2. The Morgan fingerprint density at radius 2 is 0.942 bits per heavy atom. The second-order valence-electron chi connectivity index (χ2n) is 14.5. The van der Waals surface area contributed by atoms with Crippen molar-refractivity contribution in [1.29, 1.82) is 0 Å². The fraction of sp³-hybridized carbons (Fsp3) is 0.0588. The molecule has 9 aromatic rings. The number of nitrogens with zero attached hydrogens (tertiary/aromatic N) is 1. The van der Waals surface area contributed by atoms with Gasteiger partial charge in [0.05, 0.1) is 11.4 Å². The molecule has 0 radical (unpaired) electrons. The Balaban J connectivity index is 1.22. The number of para-hydroxylation sites is 1. The Hall–Kier alpha value is -6.44. The molecule has 0 fully saturated rings. The minimum Gasteiger partial charge on any atom is -0.309 e. The molecule has 0 heterocycles. The highest BCUT2D eigenvalue weighted by Gasteiger charge is 2.38. The smallest absolute Gasteiger partial charge is 0.0546 e. The van der Waals surface area contributed by atoms with Gasteiger partial charge >= 0.3 is 0 Å². The van der Waals surface area contributed by atoms with Gasteiger partial charge in [-0.05, 0) is 96.2 Å². The van der Waals surface area contributed by atoms with Crippen LogP contribution in [0.1, 0.15) is 25.0 Å². The summed E-state index contributed by atoms with van der Waals surface area (Å²) in [5.74, 6) is 0. The van der Waals surface area contributed by atoms with Crippen LogP contribution >= 0.6 is 0 Å². The molecular formula is C51H37N. The summed E-state index contributed by atoms with van der Waals surface area (Å²) in [5.41, 5.74) is 13.7. The largest absolute Gasteiger partial charge is 0.309 e. The molecule has 1 nitrogen and oxygen atoms in total. The number of benzene rings is 9. The van der Waals surface area contributed by atoms with Gasteiger partial charge in [-0.25, -0.2) is 0 Å². The molecule has 0 spiro atoms. The van der Waals surface area contributed by atoms with Crippen LogP contribution in [-0.2, 0) is 5.41 Å². The maximum atomic E-state index is 2.46. The molecule has 0 unspecified atom stereocenters. The van der Waals surface area contributed by atoms with Crippen molar-refractivity contribution in [2.24, 2.45) is 0 Å². The summed E-state index contributed by atoms with van der Waals surface area (Å²) in [7, 11) is 0. The number of hydrogen-bond donors (Lipinski definition) is 0. The van der Waals surface area contributed by atoms with Crippen molar-refractivity contribution >= 4 is 49.4 Å². The van der Waals surface area contributed by atoms with E-state index in [0.29, 0.717) is 0 Å². The Bertz CT molecular complexity index is 2810. The lowest BCUT2D eigenvalue weighted by molar-refractivity contribution is 0.666. The maximum Gasteiger partial charge on any atom is 0.0546 e. The molecule has 1 aliphatic carbocycles. The SMILES string of the molecule is CC1(C)c2ccccc2-c2c(-c3ccc(N(c4ccccc4-c4ccccc4)c4cc5ccccc5c5ccccc45)cc3)cc3ccccc3c21. The molecule has 10 rings (SSSR count). The minimum absolute atomic E-state index is 0.101. The predicted molar refractivity (Wildman–Crippen MR) is 222 cm³/mol. The summed E-state index contributed by atoms with van der Waals surface area (Å²) < 4.78 is 0. The quantitative estimate of drug-likeness (QED) is 0.166. The lowest BCUT2D eigenvalue weighted by Crippen LogP contribution is -2.15. The van der Waals surface area contributed by atoms with E-state index in [1.807, 2.05) is 0 Å². The third-order valence-corrected chi connectivity index (χ3v) is 11.2. The van der Waals surface area contributed by atoms with Gasteiger partial charge in [0.15, 0.2) is 0 Å². The summed E-state index contributed by atoms with van der Waals surface area (Å²) >= 11 is 0. The average Bonchev–Trinajstić information content (AvgIpc) is 3.45. The fourth-order valence-electron chi connectivity index (χ4n) is 8.83. The number of rotatable bonds is 5. The summed E-state index contributed by atoms with van der Waals surface area (Å²) in [6.45, 7) is 4.76. The zero-order valence-corrected chi connectivity index (χ0v) is 29.3. The second-order valence-corrected chi connectivity index (χ2v) is 14.5. The van der Waals surface area contributed by atoms with Crippen molar-refractivity contribution in [1.82, 2.24) is 0 Å². The van der Waals surface area contributed by atoms with Crippen LogP contribution in [0.4, 0.5) is 17.1 Å². The van der Waals surface area contributed by atoms with Crippen LogP contribution < -0.4 is 4.90 Å². The highest BCUT2D eigenvalue weighted by atomic mass is 15.1. The zero-order valence-electron chi connectivity index (χ0n) is 29.3. The Kier molecular flexibility index (Phi) is 6.91. The predicted octanol–water partition coefficient (Wildman–Crippen LogP) is 14.3. The minimum atomic E-state index is -0.101. The summed E-state index contributed by atoms with van der Waals surface area (Å²) in [5, 5.41) is 7.58. The van der Waals surface area contributed by atoms with E-state index < -0.39 is 0 Å². The van der Waals surface area contributed by atoms with E-state index in [9.17, 15) is 0 Å². The normalized spacial score (nSPS) is 13.0. The number of hydrogen-bond acceptors (Lipinski definition) is 1. The van der Waals surface area contributed by atoms with Gasteiger partial charge in [-0.3, -0.25) is 0 Å². The third kappa shape index (κ3) is 4.63. The molecule has 1 heteroatoms. The van der Waals surface area contributed by atoms with Crippen LogP contribution in [0.5, 0.6) is 0 Å². The van der Waals surface area contributed by atoms with Crippen LogP contribution in [0, 0.1) is 0 Å². The molecular weight excluding hydrogens is 627 g/mol. The number of fused-ring (bicyclic) bond motifs is 8. The Morgan fingerprint density at radius 3 is 1.71 bits per heavy atom. The summed E-state index contributed by atoms with van der Waals surface area (Å²) in [6.07, 6.45) is 0. The third-order valence-electron chi connectivity index (χ3n) is 11.2. The number of anilines is 3. The van der Waals surface area contributed by atoms with E-state index in [-0.39, 0.29) is 5.41 Å². The van der Waals surface area contributed by atoms with Gasteiger partial charge in [0.2, 0.25) is 0 Å². The van der Waals surface area contributed by atoms with E-state index in [2.05, 4.69) is 207 Å². The van der Waals surface area contributed by atoms with E-state index >= 15 is 0 Å². The molecule has 1 aliphatic rings. The van der Waals surface area contributed by atoms with Gasteiger partial charge in [0, 0.05) is 22.1 Å². The summed E-state index contributed by atoms with van der Waals surface area (Å²) in [6, 6.07) is 69.1. The second kappa shape index (κ2) is 11.8. The van der Waals surface area contributed by atoms with E-state index in [1.54, 1.807) is 0 Å². The highest BCUT2D eigenvalue weighted by Crippen LogP contribution is 2.55. The Morgan fingerprint density at radius 1 is 0.385 bits per heavy atom. The van der Waals surface area contributed by atoms with Crippen molar-refractivity contribution in [2.45, 2.75) is 19.3 Å². The van der Waals surface area contributed by atoms with Gasteiger partial charge in [0.1, 0.15) is 0 Å². The van der Waals surface area contributed by atoms with Crippen LogP contribution in [0.3, 0.4) is 0 Å². The van der Waals surface area contributed by atoms with E-state index in [1.165, 1.54) is 76.8 Å². The molecule has 246 valence electrons. The van der Waals surface area contributed by atoms with Crippen LogP contribution in [0.2, 0.25) is 0 Å². The van der Waals surface area contributed by atoms with Crippen molar-refractivity contribution in [2.75, 3.05) is 4.90 Å². The first-order valence-electron chi connectivity index (χ1n) is 18.2. The van der Waals surface area contributed by atoms with Crippen molar-refractivity contribution in [3.8, 4) is 33.4 Å². The van der Waals surface area contributed by atoms with Crippen molar-refractivity contribution in [3.63, 3.8) is 0 Å². The molecule has 0 aliphatic heterocycles. The molecule has 0 N–H and O–H groups in total. The van der Waals surface area contributed by atoms with Gasteiger partial charge in [-0.1, -0.05) is 172 Å². The standard InChI is InChI=1S/C51H37N/c1-51(2)46-26-14-12-25-44(46)49-45(32-36-18-7-9-22-41(36)50(49)51)35-28-30-38(31-29-35)52(47-27-15-13-21-40(47)34-16-4-3-5-17-34)48-33-37-19-6-8-20-39(37)42-23-10-11-24-43(42)48/h3-33H,1-2H3. The lowest BCUT2D eigenvalue weighted by Gasteiger charge is -2.30. The zero-order chi connectivity index (χ0) is 34.8. The van der Waals surface area contributed by atoms with Crippen LogP contribution in [-0.4, -0.2) is 0 Å². The van der Waals surface area contributed by atoms with E-state index in [0.717, 1.165) is 17.1 Å². The average molecular weight is 664 g/mol. The molecule has 0 atom stereocenters. The lowest BCUT2D eigenvalue weighted by atomic mass is 9.79. The molecule has 0 aromatic heterocycles. The van der Waals surface area contributed by atoms with E-state index in [4.69, 9.17) is 0 Å². The molecule has 0 saturated heterocycles. The maximum absolute atomic E-state index is 2.46. The van der Waals surface area contributed by atoms with Crippen molar-refractivity contribution in [3.05, 3.63) is 199 Å². The Labute approximate surface area is 305 Å². The molecule has 9 aromatic carbocycles.